The molecule has 2 aromatic rings. The van der Waals surface area contributed by atoms with Gasteiger partial charge in [0.05, 0.1) is 18.2 Å². The molecule has 120 valence electrons. The van der Waals surface area contributed by atoms with Gasteiger partial charge in [0, 0.05) is 19.3 Å². The number of carbonyl (C=O) groups is 1. The Kier molecular flexibility index (Phi) is 3.68. The number of benzene rings is 1. The number of aromatic nitrogens is 2. The summed E-state index contributed by atoms with van der Waals surface area (Å²) >= 11 is 0. The summed E-state index contributed by atoms with van der Waals surface area (Å²) in [6, 6.07) is 8.73. The summed E-state index contributed by atoms with van der Waals surface area (Å²) in [5.74, 6) is 0.368. The van der Waals surface area contributed by atoms with Crippen molar-refractivity contribution >= 4 is 5.91 Å². The number of nitrogens with zero attached hydrogens (tertiary/aromatic N) is 3. The molecule has 0 saturated carbocycles. The fraction of sp³-hybridized carbons (Fsp3) is 0.474. The van der Waals surface area contributed by atoms with E-state index in [1.165, 1.54) is 16.7 Å². The SMILES string of the molecule is Cc1cnn([C@@H]2CCCN(C(=O)[C@H]3CCc4ccccc43)C2)c1. The zero-order chi connectivity index (χ0) is 15.8. The maximum absolute atomic E-state index is 13.0. The monoisotopic (exact) mass is 309 g/mol. The van der Waals surface area contributed by atoms with E-state index in [0.717, 1.165) is 38.8 Å². The van der Waals surface area contributed by atoms with Crippen LogP contribution in [0, 0.1) is 6.92 Å². The molecule has 2 aliphatic rings. The molecule has 2 atom stereocenters. The summed E-state index contributed by atoms with van der Waals surface area (Å²) < 4.78 is 2.04. The minimum atomic E-state index is 0.0595. The highest BCUT2D eigenvalue weighted by Crippen LogP contribution is 2.35. The van der Waals surface area contributed by atoms with Crippen molar-refractivity contribution in [3.8, 4) is 0 Å². The van der Waals surface area contributed by atoms with Crippen molar-refractivity contribution in [2.24, 2.45) is 0 Å². The smallest absolute Gasteiger partial charge is 0.230 e. The molecule has 2 heterocycles. The normalized spacial score (nSPS) is 23.8. The molecule has 1 saturated heterocycles. The van der Waals surface area contributed by atoms with E-state index in [1.54, 1.807) is 0 Å². The van der Waals surface area contributed by atoms with Gasteiger partial charge in [0.2, 0.25) is 5.91 Å². The lowest BCUT2D eigenvalue weighted by molar-refractivity contribution is -0.134. The van der Waals surface area contributed by atoms with Crippen LogP contribution in [0.1, 0.15) is 47.9 Å². The highest BCUT2D eigenvalue weighted by molar-refractivity contribution is 5.85. The predicted molar refractivity (Wildman–Crippen MR) is 89.3 cm³/mol. The van der Waals surface area contributed by atoms with Crippen LogP contribution >= 0.6 is 0 Å². The number of carbonyl (C=O) groups excluding carboxylic acids is 1. The second-order valence-corrected chi connectivity index (χ2v) is 6.87. The number of aryl methyl sites for hydroxylation is 2. The minimum Gasteiger partial charge on any atom is -0.340 e. The fourth-order valence-corrected chi connectivity index (χ4v) is 4.04. The Morgan fingerprint density at radius 1 is 1.26 bits per heavy atom. The zero-order valence-corrected chi connectivity index (χ0v) is 13.6. The largest absolute Gasteiger partial charge is 0.340 e. The number of fused-ring (bicyclic) bond motifs is 1. The molecule has 0 bridgehead atoms. The van der Waals surface area contributed by atoms with Crippen molar-refractivity contribution in [3.05, 3.63) is 53.3 Å². The molecule has 1 aliphatic carbocycles. The molecule has 0 spiro atoms. The van der Waals surface area contributed by atoms with Crippen molar-refractivity contribution in [1.29, 1.82) is 0 Å². The molecule has 4 heteroatoms. The molecule has 0 unspecified atom stereocenters. The van der Waals surface area contributed by atoms with Crippen LogP contribution in [-0.2, 0) is 11.2 Å². The lowest BCUT2D eigenvalue weighted by Crippen LogP contribution is -2.42. The van der Waals surface area contributed by atoms with Gasteiger partial charge >= 0.3 is 0 Å². The number of piperidine rings is 1. The minimum absolute atomic E-state index is 0.0595. The third kappa shape index (κ3) is 2.67. The van der Waals surface area contributed by atoms with E-state index in [4.69, 9.17) is 0 Å². The van der Waals surface area contributed by atoms with Crippen LogP contribution in [0.3, 0.4) is 0 Å². The average Bonchev–Trinajstić information content (AvgIpc) is 3.20. The second kappa shape index (κ2) is 5.84. The van der Waals surface area contributed by atoms with Crippen LogP contribution in [0.15, 0.2) is 36.7 Å². The Balaban J connectivity index is 1.51. The Labute approximate surface area is 137 Å². The molecule has 1 aliphatic heterocycles. The quantitative estimate of drug-likeness (QED) is 0.855. The van der Waals surface area contributed by atoms with Gasteiger partial charge in [-0.15, -0.1) is 0 Å². The number of rotatable bonds is 2. The molecule has 4 nitrogen and oxygen atoms in total. The summed E-state index contributed by atoms with van der Waals surface area (Å²) in [7, 11) is 0. The van der Waals surface area contributed by atoms with E-state index < -0.39 is 0 Å². The molecular formula is C19H23N3O. The Bertz CT molecular complexity index is 721. The van der Waals surface area contributed by atoms with E-state index in [2.05, 4.69) is 47.4 Å². The van der Waals surface area contributed by atoms with Crippen LogP contribution in [-0.4, -0.2) is 33.7 Å². The molecule has 0 radical (unpaired) electrons. The second-order valence-electron chi connectivity index (χ2n) is 6.87. The first kappa shape index (κ1) is 14.5. The van der Waals surface area contributed by atoms with Gasteiger partial charge < -0.3 is 4.90 Å². The third-order valence-electron chi connectivity index (χ3n) is 5.24. The van der Waals surface area contributed by atoms with Gasteiger partial charge in [0.15, 0.2) is 0 Å². The van der Waals surface area contributed by atoms with Crippen LogP contribution in [0.2, 0.25) is 0 Å². The highest BCUT2D eigenvalue weighted by atomic mass is 16.2. The standard InChI is InChI=1S/C19H23N3O/c1-14-11-20-22(12-14)16-6-4-10-21(13-16)19(23)18-9-8-15-5-2-3-7-17(15)18/h2-3,5,7,11-12,16,18H,4,6,8-10,13H2,1H3/t16-,18+/m1/s1. The first-order chi connectivity index (χ1) is 11.2. The molecule has 1 aromatic carbocycles. The third-order valence-corrected chi connectivity index (χ3v) is 5.24. The highest BCUT2D eigenvalue weighted by Gasteiger charge is 2.34. The molecule has 1 aromatic heterocycles. The molecule has 4 rings (SSSR count). The molecule has 0 N–H and O–H groups in total. The zero-order valence-electron chi connectivity index (χ0n) is 13.6. The maximum Gasteiger partial charge on any atom is 0.230 e. The molecule has 1 fully saturated rings. The summed E-state index contributed by atoms with van der Waals surface area (Å²) in [4.78, 5) is 15.1. The molecular weight excluding hydrogens is 286 g/mol. The number of hydrogen-bond acceptors (Lipinski definition) is 2. The lowest BCUT2D eigenvalue weighted by Gasteiger charge is -2.34. The van der Waals surface area contributed by atoms with Gasteiger partial charge in [-0.25, -0.2) is 0 Å². The summed E-state index contributed by atoms with van der Waals surface area (Å²) in [5, 5.41) is 4.45. The van der Waals surface area contributed by atoms with Gasteiger partial charge in [0.1, 0.15) is 0 Å². The average molecular weight is 309 g/mol. The van der Waals surface area contributed by atoms with Gasteiger partial charge in [-0.05, 0) is 49.3 Å². The van der Waals surface area contributed by atoms with Crippen molar-refractivity contribution in [2.45, 2.75) is 44.6 Å². The predicted octanol–water partition coefficient (Wildman–Crippen LogP) is 3.09. The first-order valence-corrected chi connectivity index (χ1v) is 8.60. The van der Waals surface area contributed by atoms with Crippen molar-refractivity contribution in [1.82, 2.24) is 14.7 Å². The van der Waals surface area contributed by atoms with E-state index in [1.807, 2.05) is 10.9 Å². The van der Waals surface area contributed by atoms with Crippen molar-refractivity contribution in [3.63, 3.8) is 0 Å². The van der Waals surface area contributed by atoms with Crippen LogP contribution < -0.4 is 0 Å². The van der Waals surface area contributed by atoms with E-state index in [-0.39, 0.29) is 5.92 Å². The first-order valence-electron chi connectivity index (χ1n) is 8.60. The van der Waals surface area contributed by atoms with Crippen molar-refractivity contribution in [2.75, 3.05) is 13.1 Å². The van der Waals surface area contributed by atoms with E-state index in [9.17, 15) is 4.79 Å². The van der Waals surface area contributed by atoms with Crippen LogP contribution in [0.5, 0.6) is 0 Å². The molecule has 1 amide bonds. The number of amides is 1. The van der Waals surface area contributed by atoms with E-state index in [0.29, 0.717) is 11.9 Å². The van der Waals surface area contributed by atoms with Gasteiger partial charge in [-0.3, -0.25) is 9.48 Å². The fourth-order valence-electron chi connectivity index (χ4n) is 4.04. The van der Waals surface area contributed by atoms with Crippen LogP contribution in [0.4, 0.5) is 0 Å². The summed E-state index contributed by atoms with van der Waals surface area (Å²) in [6.45, 7) is 3.73. The summed E-state index contributed by atoms with van der Waals surface area (Å²) in [6.07, 6.45) is 8.13. The number of hydrogen-bond donors (Lipinski definition) is 0. The van der Waals surface area contributed by atoms with Gasteiger partial charge in [0.25, 0.3) is 0 Å². The van der Waals surface area contributed by atoms with Gasteiger partial charge in [-0.2, -0.15) is 5.10 Å². The van der Waals surface area contributed by atoms with Crippen LogP contribution in [0.25, 0.3) is 0 Å². The van der Waals surface area contributed by atoms with Crippen molar-refractivity contribution < 1.29 is 4.79 Å². The number of likely N-dealkylation sites (tertiary alicyclic amines) is 1. The Hall–Kier alpha value is -2.10. The maximum atomic E-state index is 13.0. The van der Waals surface area contributed by atoms with Gasteiger partial charge in [-0.1, -0.05) is 24.3 Å². The Morgan fingerprint density at radius 3 is 2.96 bits per heavy atom. The lowest BCUT2D eigenvalue weighted by atomic mass is 9.97. The molecule has 23 heavy (non-hydrogen) atoms. The topological polar surface area (TPSA) is 38.1 Å². The summed E-state index contributed by atoms with van der Waals surface area (Å²) in [5.41, 5.74) is 3.77. The van der Waals surface area contributed by atoms with E-state index >= 15 is 0 Å². The Morgan fingerprint density at radius 2 is 2.13 bits per heavy atom.